The Balaban J connectivity index is 2.63. The molecule has 3 nitrogen and oxygen atoms in total. The van der Waals surface area contributed by atoms with Crippen molar-refractivity contribution in [3.63, 3.8) is 0 Å². The molecule has 1 aromatic rings. The van der Waals surface area contributed by atoms with Crippen LogP contribution < -0.4 is 5.32 Å². The molecule has 0 bridgehead atoms. The van der Waals surface area contributed by atoms with Crippen LogP contribution in [0.1, 0.15) is 24.4 Å². The van der Waals surface area contributed by atoms with Crippen LogP contribution in [0.4, 0.5) is 0 Å². The number of nitrogens with zero attached hydrogens (tertiary/aromatic N) is 1. The van der Waals surface area contributed by atoms with Gasteiger partial charge in [-0.2, -0.15) is 0 Å². The largest absolute Gasteiger partial charge is 0.343 e. The minimum absolute atomic E-state index is 0.0190. The van der Waals surface area contributed by atoms with Crippen molar-refractivity contribution in [3.05, 3.63) is 29.2 Å². The number of rotatable bonds is 4. The summed E-state index contributed by atoms with van der Waals surface area (Å²) in [4.78, 5) is 15.2. The third-order valence-corrected chi connectivity index (χ3v) is 2.55. The van der Waals surface area contributed by atoms with Gasteiger partial charge in [-0.25, -0.2) is 4.98 Å². The van der Waals surface area contributed by atoms with E-state index in [1.54, 1.807) is 17.5 Å². The zero-order valence-corrected chi connectivity index (χ0v) is 8.30. The molecule has 0 radical (unpaired) electrons. The second kappa shape index (κ2) is 4.77. The summed E-state index contributed by atoms with van der Waals surface area (Å²) in [5.41, 5.74) is 0. The maximum atomic E-state index is 11.0. The van der Waals surface area contributed by atoms with Crippen molar-refractivity contribution in [2.45, 2.75) is 19.4 Å². The molecule has 1 N–H and O–H groups in total. The molecular weight excluding hydrogens is 184 g/mol. The molecule has 0 spiro atoms. The van der Waals surface area contributed by atoms with Crippen molar-refractivity contribution in [2.75, 3.05) is 0 Å². The van der Waals surface area contributed by atoms with Crippen LogP contribution in [-0.2, 0) is 4.79 Å². The van der Waals surface area contributed by atoms with E-state index in [2.05, 4.69) is 16.9 Å². The van der Waals surface area contributed by atoms with Crippen LogP contribution in [-0.4, -0.2) is 10.9 Å². The number of thiazole rings is 1. The molecule has 0 aliphatic heterocycles. The number of nitrogens with one attached hydrogen (secondary N) is 1. The molecule has 70 valence electrons. The summed E-state index contributed by atoms with van der Waals surface area (Å²) < 4.78 is 0. The van der Waals surface area contributed by atoms with Crippen molar-refractivity contribution in [1.82, 2.24) is 10.3 Å². The Morgan fingerprint density at radius 2 is 2.69 bits per heavy atom. The Kier molecular flexibility index (Phi) is 3.64. The van der Waals surface area contributed by atoms with Crippen LogP contribution in [0.2, 0.25) is 0 Å². The molecule has 0 saturated carbocycles. The van der Waals surface area contributed by atoms with Gasteiger partial charge in [-0.15, -0.1) is 11.3 Å². The summed E-state index contributed by atoms with van der Waals surface area (Å²) in [6.07, 6.45) is 3.85. The predicted octanol–water partition coefficient (Wildman–Crippen LogP) is 1.90. The normalized spacial score (nSPS) is 12.1. The van der Waals surface area contributed by atoms with Gasteiger partial charge in [0.25, 0.3) is 0 Å². The summed E-state index contributed by atoms with van der Waals surface area (Å²) in [5.74, 6) is -0.151. The number of aromatic nitrogens is 1. The molecule has 0 fully saturated rings. The SMILES string of the molecule is C=CC(=O)NC(CC)c1nccs1. The summed E-state index contributed by atoms with van der Waals surface area (Å²) in [5, 5.41) is 5.65. The highest BCUT2D eigenvalue weighted by Gasteiger charge is 2.12. The maximum Gasteiger partial charge on any atom is 0.243 e. The third kappa shape index (κ3) is 2.66. The molecule has 0 aromatic carbocycles. The van der Waals surface area contributed by atoms with Crippen molar-refractivity contribution in [3.8, 4) is 0 Å². The van der Waals surface area contributed by atoms with Crippen LogP contribution in [0.3, 0.4) is 0 Å². The van der Waals surface area contributed by atoms with Crippen LogP contribution in [0.15, 0.2) is 24.2 Å². The average Bonchev–Trinajstić information content (AvgIpc) is 2.66. The predicted molar refractivity (Wildman–Crippen MR) is 53.5 cm³/mol. The quantitative estimate of drug-likeness (QED) is 0.747. The Bertz CT molecular complexity index is 282. The molecule has 1 atom stereocenters. The zero-order valence-electron chi connectivity index (χ0n) is 7.49. The first-order valence-electron chi connectivity index (χ1n) is 4.10. The van der Waals surface area contributed by atoms with Gasteiger partial charge >= 0.3 is 0 Å². The van der Waals surface area contributed by atoms with Crippen molar-refractivity contribution < 1.29 is 4.79 Å². The van der Waals surface area contributed by atoms with E-state index in [4.69, 9.17) is 0 Å². The Hall–Kier alpha value is -1.16. The number of amides is 1. The lowest BCUT2D eigenvalue weighted by Crippen LogP contribution is -2.25. The monoisotopic (exact) mass is 196 g/mol. The first-order valence-corrected chi connectivity index (χ1v) is 4.98. The van der Waals surface area contributed by atoms with Gasteiger partial charge in [0.15, 0.2) is 0 Å². The fourth-order valence-electron chi connectivity index (χ4n) is 0.976. The first kappa shape index (κ1) is 9.92. The lowest BCUT2D eigenvalue weighted by Gasteiger charge is -2.12. The van der Waals surface area contributed by atoms with Gasteiger partial charge in [0, 0.05) is 11.6 Å². The van der Waals surface area contributed by atoms with E-state index in [1.807, 2.05) is 12.3 Å². The highest BCUT2D eigenvalue weighted by molar-refractivity contribution is 7.09. The molecule has 0 saturated heterocycles. The lowest BCUT2D eigenvalue weighted by molar-refractivity contribution is -0.117. The summed E-state index contributed by atoms with van der Waals surface area (Å²) in [7, 11) is 0. The van der Waals surface area contributed by atoms with E-state index < -0.39 is 0 Å². The fourth-order valence-corrected chi connectivity index (χ4v) is 1.75. The van der Waals surface area contributed by atoms with Gasteiger partial charge in [0.1, 0.15) is 5.01 Å². The number of hydrogen-bond donors (Lipinski definition) is 1. The second-order valence-electron chi connectivity index (χ2n) is 2.54. The second-order valence-corrected chi connectivity index (χ2v) is 3.47. The number of carbonyl (C=O) groups excluding carboxylic acids is 1. The standard InChI is InChI=1S/C9H12N2OS/c1-3-7(11-8(12)4-2)9-10-5-6-13-9/h4-7H,2-3H2,1H3,(H,11,12). The lowest BCUT2D eigenvalue weighted by atomic mass is 10.2. The molecule has 4 heteroatoms. The molecule has 0 aliphatic rings. The van der Waals surface area contributed by atoms with Crippen LogP contribution in [0.25, 0.3) is 0 Å². The molecule has 1 aromatic heterocycles. The number of hydrogen-bond acceptors (Lipinski definition) is 3. The van der Waals surface area contributed by atoms with Gasteiger partial charge in [-0.1, -0.05) is 13.5 Å². The van der Waals surface area contributed by atoms with Gasteiger partial charge < -0.3 is 5.32 Å². The summed E-state index contributed by atoms with van der Waals surface area (Å²) >= 11 is 1.55. The minimum atomic E-state index is -0.151. The maximum absolute atomic E-state index is 11.0. The summed E-state index contributed by atoms with van der Waals surface area (Å²) in [6, 6.07) is 0.0190. The van der Waals surface area contributed by atoms with Crippen LogP contribution in [0.5, 0.6) is 0 Å². The first-order chi connectivity index (χ1) is 6.27. The summed E-state index contributed by atoms with van der Waals surface area (Å²) in [6.45, 7) is 5.41. The van der Waals surface area contributed by atoms with Gasteiger partial charge in [0.05, 0.1) is 6.04 Å². The Morgan fingerprint density at radius 1 is 1.92 bits per heavy atom. The van der Waals surface area contributed by atoms with Crippen LogP contribution >= 0.6 is 11.3 Å². The smallest absolute Gasteiger partial charge is 0.243 e. The molecular formula is C9H12N2OS. The van der Waals surface area contributed by atoms with Crippen molar-refractivity contribution >= 4 is 17.2 Å². The van der Waals surface area contributed by atoms with Crippen LogP contribution in [0, 0.1) is 0 Å². The van der Waals surface area contributed by atoms with E-state index in [1.165, 1.54) is 6.08 Å². The average molecular weight is 196 g/mol. The van der Waals surface area contributed by atoms with Crippen molar-refractivity contribution in [2.24, 2.45) is 0 Å². The minimum Gasteiger partial charge on any atom is -0.343 e. The van der Waals surface area contributed by atoms with E-state index in [0.29, 0.717) is 0 Å². The number of carbonyl (C=O) groups is 1. The molecule has 13 heavy (non-hydrogen) atoms. The third-order valence-electron chi connectivity index (χ3n) is 1.66. The van der Waals surface area contributed by atoms with E-state index >= 15 is 0 Å². The van der Waals surface area contributed by atoms with Gasteiger partial charge in [-0.3, -0.25) is 4.79 Å². The van der Waals surface area contributed by atoms with E-state index in [-0.39, 0.29) is 11.9 Å². The molecule has 1 amide bonds. The van der Waals surface area contributed by atoms with E-state index in [9.17, 15) is 4.79 Å². The van der Waals surface area contributed by atoms with Gasteiger partial charge in [-0.05, 0) is 12.5 Å². The van der Waals surface area contributed by atoms with Gasteiger partial charge in [0.2, 0.25) is 5.91 Å². The Morgan fingerprint density at radius 3 is 3.15 bits per heavy atom. The zero-order chi connectivity index (χ0) is 9.68. The van der Waals surface area contributed by atoms with Crippen molar-refractivity contribution in [1.29, 1.82) is 0 Å². The fraction of sp³-hybridized carbons (Fsp3) is 0.333. The molecule has 1 rings (SSSR count). The molecule has 1 heterocycles. The molecule has 1 unspecified atom stereocenters. The Labute approximate surface area is 81.5 Å². The van der Waals surface area contributed by atoms with E-state index in [0.717, 1.165) is 11.4 Å². The topological polar surface area (TPSA) is 42.0 Å². The highest BCUT2D eigenvalue weighted by Crippen LogP contribution is 2.18. The molecule has 0 aliphatic carbocycles. The highest BCUT2D eigenvalue weighted by atomic mass is 32.1.